The Bertz CT molecular complexity index is 682. The minimum atomic E-state index is -3.90. The summed E-state index contributed by atoms with van der Waals surface area (Å²) in [6.45, 7) is 2.90. The molecule has 2 rings (SSSR count). The molecule has 1 atom stereocenters. The molecule has 2 N–H and O–H groups in total. The third-order valence-corrected chi connectivity index (χ3v) is 5.93. The number of rotatable bonds is 3. The fourth-order valence-corrected chi connectivity index (χ4v) is 4.33. The second-order valence-electron chi connectivity index (χ2n) is 4.78. The number of nitrogens with zero attached hydrogens (tertiary/aromatic N) is 1. The van der Waals surface area contributed by atoms with Gasteiger partial charge in [0.25, 0.3) is 0 Å². The fourth-order valence-electron chi connectivity index (χ4n) is 2.07. The molecule has 1 saturated heterocycles. The highest BCUT2D eigenvalue weighted by Gasteiger charge is 2.31. The van der Waals surface area contributed by atoms with E-state index in [1.54, 1.807) is 0 Å². The highest BCUT2D eigenvalue weighted by Crippen LogP contribution is 2.25. The number of benzene rings is 1. The van der Waals surface area contributed by atoms with Crippen LogP contribution in [0, 0.1) is 5.92 Å². The molecule has 1 heterocycles. The zero-order valence-corrected chi connectivity index (χ0v) is 12.1. The smallest absolute Gasteiger partial charge is 0.225 e. The first-order chi connectivity index (χ1) is 8.71. The van der Waals surface area contributed by atoms with Gasteiger partial charge in [0.1, 0.15) is 0 Å². The van der Waals surface area contributed by atoms with Gasteiger partial charge >= 0.3 is 0 Å². The van der Waals surface area contributed by atoms with E-state index in [1.807, 2.05) is 6.92 Å². The second kappa shape index (κ2) is 4.86. The Hall–Kier alpha value is -0.960. The summed E-state index contributed by atoms with van der Waals surface area (Å²) in [7, 11) is -7.54. The lowest BCUT2D eigenvalue weighted by molar-refractivity contribution is 0.464. The number of primary sulfonamides is 1. The maximum Gasteiger partial charge on any atom is 0.243 e. The Morgan fingerprint density at radius 2 is 1.84 bits per heavy atom. The van der Waals surface area contributed by atoms with Crippen LogP contribution >= 0.6 is 0 Å². The van der Waals surface area contributed by atoms with Crippen molar-refractivity contribution in [3.8, 4) is 0 Å². The number of nitrogens with two attached hydrogens (primary N) is 1. The van der Waals surface area contributed by atoms with Gasteiger partial charge in [-0.25, -0.2) is 22.0 Å². The molecule has 0 saturated carbocycles. The highest BCUT2D eigenvalue weighted by atomic mass is 32.2. The lowest BCUT2D eigenvalue weighted by Gasteiger charge is -2.16. The third-order valence-electron chi connectivity index (χ3n) is 3.16. The minimum absolute atomic E-state index is 0.0341. The maximum absolute atomic E-state index is 12.3. The Balaban J connectivity index is 2.42. The van der Waals surface area contributed by atoms with E-state index >= 15 is 0 Å². The van der Waals surface area contributed by atoms with Crippen LogP contribution in [-0.4, -0.2) is 34.2 Å². The molecule has 0 radical (unpaired) electrons. The molecule has 8 heteroatoms. The molecular weight excluding hydrogens is 288 g/mol. The summed E-state index contributed by atoms with van der Waals surface area (Å²) in [5, 5.41) is 5.01. The van der Waals surface area contributed by atoms with Crippen LogP contribution in [0.4, 0.5) is 0 Å². The van der Waals surface area contributed by atoms with Crippen molar-refractivity contribution >= 4 is 20.0 Å². The zero-order valence-electron chi connectivity index (χ0n) is 10.5. The lowest BCUT2D eigenvalue weighted by atomic mass is 10.2. The highest BCUT2D eigenvalue weighted by molar-refractivity contribution is 7.90. The first kappa shape index (κ1) is 14.4. The van der Waals surface area contributed by atoms with E-state index in [0.717, 1.165) is 12.5 Å². The van der Waals surface area contributed by atoms with Crippen LogP contribution in [0.25, 0.3) is 0 Å². The Labute approximate surface area is 113 Å². The van der Waals surface area contributed by atoms with Gasteiger partial charge in [-0.1, -0.05) is 13.0 Å². The van der Waals surface area contributed by atoms with Crippen LogP contribution in [0.3, 0.4) is 0 Å². The van der Waals surface area contributed by atoms with Gasteiger partial charge in [-0.3, -0.25) is 0 Å². The monoisotopic (exact) mass is 304 g/mol. The van der Waals surface area contributed by atoms with Crippen molar-refractivity contribution in [3.05, 3.63) is 24.3 Å². The van der Waals surface area contributed by atoms with Crippen LogP contribution in [0.1, 0.15) is 13.3 Å². The fraction of sp³-hybridized carbons (Fsp3) is 0.455. The molecule has 1 unspecified atom stereocenters. The maximum atomic E-state index is 12.3. The van der Waals surface area contributed by atoms with E-state index in [0.29, 0.717) is 19.0 Å². The van der Waals surface area contributed by atoms with Crippen molar-refractivity contribution in [1.29, 1.82) is 0 Å². The average Bonchev–Trinajstić information content (AvgIpc) is 2.76. The predicted octanol–water partition coefficient (Wildman–Crippen LogP) is 0.365. The molecular formula is C11H16N2O4S2. The molecule has 1 fully saturated rings. The standard InChI is InChI=1S/C11H16N2O4S2/c1-9-5-6-13(8-9)19(16,17)11-4-2-3-10(7-11)18(12,14)15/h2-4,7,9H,5-6,8H2,1H3,(H2,12,14,15). The molecule has 1 aromatic carbocycles. The van der Waals surface area contributed by atoms with E-state index in [2.05, 4.69) is 0 Å². The van der Waals surface area contributed by atoms with E-state index in [-0.39, 0.29) is 9.79 Å². The van der Waals surface area contributed by atoms with E-state index in [4.69, 9.17) is 5.14 Å². The SMILES string of the molecule is CC1CCN(S(=O)(=O)c2cccc(S(N)(=O)=O)c2)C1. The van der Waals surface area contributed by atoms with Crippen molar-refractivity contribution < 1.29 is 16.8 Å². The molecule has 6 nitrogen and oxygen atoms in total. The van der Waals surface area contributed by atoms with Crippen molar-refractivity contribution in [2.75, 3.05) is 13.1 Å². The summed E-state index contributed by atoms with van der Waals surface area (Å²) in [5.74, 6) is 0.316. The van der Waals surface area contributed by atoms with Crippen molar-refractivity contribution in [2.24, 2.45) is 11.1 Å². The largest absolute Gasteiger partial charge is 0.243 e. The van der Waals surface area contributed by atoms with Gasteiger partial charge in [0.05, 0.1) is 9.79 Å². The Morgan fingerprint density at radius 3 is 2.37 bits per heavy atom. The van der Waals surface area contributed by atoms with Gasteiger partial charge in [-0.2, -0.15) is 4.31 Å². The summed E-state index contributed by atoms with van der Waals surface area (Å²) >= 11 is 0. The summed E-state index contributed by atoms with van der Waals surface area (Å²) in [5.41, 5.74) is 0. The van der Waals surface area contributed by atoms with Gasteiger partial charge in [-0.15, -0.1) is 0 Å². The van der Waals surface area contributed by atoms with Crippen LogP contribution in [-0.2, 0) is 20.0 Å². The third kappa shape index (κ3) is 2.97. The topological polar surface area (TPSA) is 97.5 Å². The van der Waals surface area contributed by atoms with E-state index in [9.17, 15) is 16.8 Å². The molecule has 1 aromatic rings. The summed E-state index contributed by atoms with van der Waals surface area (Å²) in [6, 6.07) is 5.15. The van der Waals surface area contributed by atoms with Gasteiger partial charge in [0.2, 0.25) is 20.0 Å². The van der Waals surface area contributed by atoms with Crippen molar-refractivity contribution in [3.63, 3.8) is 0 Å². The van der Waals surface area contributed by atoms with E-state index < -0.39 is 20.0 Å². The van der Waals surface area contributed by atoms with Crippen LogP contribution in [0.15, 0.2) is 34.1 Å². The van der Waals surface area contributed by atoms with Gasteiger partial charge in [-0.05, 0) is 30.5 Å². The predicted molar refractivity (Wildman–Crippen MR) is 70.4 cm³/mol. The molecule has 1 aliphatic rings. The summed E-state index contributed by atoms with van der Waals surface area (Å²) < 4.78 is 48.6. The van der Waals surface area contributed by atoms with Crippen molar-refractivity contribution in [1.82, 2.24) is 4.31 Å². The molecule has 0 amide bonds. The molecule has 106 valence electrons. The number of hydrogen-bond donors (Lipinski definition) is 1. The van der Waals surface area contributed by atoms with Crippen LogP contribution < -0.4 is 5.14 Å². The first-order valence-electron chi connectivity index (χ1n) is 5.84. The number of sulfonamides is 2. The van der Waals surface area contributed by atoms with Crippen LogP contribution in [0.5, 0.6) is 0 Å². The molecule has 0 aliphatic carbocycles. The van der Waals surface area contributed by atoms with E-state index in [1.165, 1.54) is 22.5 Å². The van der Waals surface area contributed by atoms with Crippen molar-refractivity contribution in [2.45, 2.75) is 23.1 Å². The molecule has 19 heavy (non-hydrogen) atoms. The van der Waals surface area contributed by atoms with Crippen LogP contribution in [0.2, 0.25) is 0 Å². The Kier molecular flexibility index (Phi) is 3.69. The zero-order chi connectivity index (χ0) is 14.3. The van der Waals surface area contributed by atoms with Gasteiger partial charge in [0.15, 0.2) is 0 Å². The number of hydrogen-bond acceptors (Lipinski definition) is 4. The molecule has 0 spiro atoms. The molecule has 0 aromatic heterocycles. The summed E-state index contributed by atoms with van der Waals surface area (Å²) in [6.07, 6.45) is 0.814. The molecule has 0 bridgehead atoms. The first-order valence-corrected chi connectivity index (χ1v) is 8.83. The minimum Gasteiger partial charge on any atom is -0.225 e. The lowest BCUT2D eigenvalue weighted by Crippen LogP contribution is -2.28. The summed E-state index contributed by atoms with van der Waals surface area (Å²) in [4.78, 5) is -0.228. The van der Waals surface area contributed by atoms with Gasteiger partial charge < -0.3 is 0 Å². The quantitative estimate of drug-likeness (QED) is 0.872. The normalized spacial score (nSPS) is 21.7. The van der Waals surface area contributed by atoms with Gasteiger partial charge in [0, 0.05) is 13.1 Å². The average molecular weight is 304 g/mol. The Morgan fingerprint density at radius 1 is 1.21 bits per heavy atom. The molecule has 1 aliphatic heterocycles. The second-order valence-corrected chi connectivity index (χ2v) is 8.28.